The Morgan fingerprint density at radius 3 is 2.65 bits per heavy atom. The van der Waals surface area contributed by atoms with E-state index in [1.807, 2.05) is 44.2 Å². The summed E-state index contributed by atoms with van der Waals surface area (Å²) in [6, 6.07) is 9.80. The van der Waals surface area contributed by atoms with Gasteiger partial charge in [0.1, 0.15) is 23.2 Å². The lowest BCUT2D eigenvalue weighted by atomic mass is 10.3. The Hall–Kier alpha value is -2.30. The van der Waals surface area contributed by atoms with E-state index < -0.39 is 0 Å². The van der Waals surface area contributed by atoms with E-state index in [9.17, 15) is 0 Å². The lowest BCUT2D eigenvalue weighted by Gasteiger charge is -2.11. The molecule has 0 spiro atoms. The van der Waals surface area contributed by atoms with Crippen molar-refractivity contribution >= 4 is 11.6 Å². The highest BCUT2D eigenvalue weighted by Crippen LogP contribution is 2.16. The van der Waals surface area contributed by atoms with Crippen molar-refractivity contribution in [3.63, 3.8) is 0 Å². The maximum absolute atomic E-state index is 5.81. The molecule has 0 saturated carbocycles. The molecular weight excluding hydrogens is 252 g/mol. The van der Waals surface area contributed by atoms with E-state index in [1.165, 1.54) is 0 Å². The second-order valence-electron chi connectivity index (χ2n) is 4.57. The van der Waals surface area contributed by atoms with Gasteiger partial charge in [0.2, 0.25) is 0 Å². The van der Waals surface area contributed by atoms with E-state index in [1.54, 1.807) is 0 Å². The minimum Gasteiger partial charge on any atom is -0.494 e. The van der Waals surface area contributed by atoms with E-state index in [0.717, 1.165) is 30.1 Å². The predicted molar refractivity (Wildman–Crippen MR) is 81.0 cm³/mol. The molecule has 2 aromatic rings. The third-order valence-electron chi connectivity index (χ3n) is 2.92. The Kier molecular flexibility index (Phi) is 4.76. The summed E-state index contributed by atoms with van der Waals surface area (Å²) in [6.07, 6.45) is 0.886. The standard InChI is InChI=1S/C15H20N4O/c1-11-14(16)18-12(2)19-15(11)17-9-6-10-20-13-7-4-3-5-8-13/h3-5,7-8H,6,9-10H2,1-2H3,(H3,16,17,18,19). The Balaban J connectivity index is 1.76. The summed E-state index contributed by atoms with van der Waals surface area (Å²) in [6.45, 7) is 5.19. The van der Waals surface area contributed by atoms with Crippen LogP contribution in [-0.4, -0.2) is 23.1 Å². The number of nitrogens with one attached hydrogen (secondary N) is 1. The molecule has 5 nitrogen and oxygen atoms in total. The third kappa shape index (κ3) is 3.85. The van der Waals surface area contributed by atoms with Crippen LogP contribution >= 0.6 is 0 Å². The molecule has 3 N–H and O–H groups in total. The molecule has 20 heavy (non-hydrogen) atoms. The number of para-hydroxylation sites is 1. The van der Waals surface area contributed by atoms with Crippen LogP contribution in [0.3, 0.4) is 0 Å². The van der Waals surface area contributed by atoms with Gasteiger partial charge >= 0.3 is 0 Å². The van der Waals surface area contributed by atoms with Crippen LogP contribution in [-0.2, 0) is 0 Å². The topological polar surface area (TPSA) is 73.1 Å². The van der Waals surface area contributed by atoms with Crippen LogP contribution in [0.25, 0.3) is 0 Å². The van der Waals surface area contributed by atoms with Crippen molar-refractivity contribution in [1.82, 2.24) is 9.97 Å². The molecule has 106 valence electrons. The van der Waals surface area contributed by atoms with Crippen LogP contribution in [0.4, 0.5) is 11.6 Å². The van der Waals surface area contributed by atoms with Gasteiger partial charge in [-0.15, -0.1) is 0 Å². The molecule has 0 amide bonds. The van der Waals surface area contributed by atoms with Crippen molar-refractivity contribution in [2.45, 2.75) is 20.3 Å². The maximum Gasteiger partial charge on any atom is 0.134 e. The second kappa shape index (κ2) is 6.75. The zero-order valence-electron chi connectivity index (χ0n) is 11.9. The third-order valence-corrected chi connectivity index (χ3v) is 2.92. The molecule has 1 aromatic heterocycles. The average Bonchev–Trinajstić information content (AvgIpc) is 2.44. The number of hydrogen-bond donors (Lipinski definition) is 2. The average molecular weight is 272 g/mol. The first kappa shape index (κ1) is 14.1. The molecule has 0 aliphatic rings. The summed E-state index contributed by atoms with van der Waals surface area (Å²) in [5.41, 5.74) is 6.70. The van der Waals surface area contributed by atoms with Crippen LogP contribution in [0.2, 0.25) is 0 Å². The Labute approximate surface area is 119 Å². The van der Waals surface area contributed by atoms with Crippen LogP contribution in [0, 0.1) is 13.8 Å². The molecule has 0 unspecified atom stereocenters. The summed E-state index contributed by atoms with van der Waals surface area (Å²) < 4.78 is 5.62. The number of nitrogen functional groups attached to an aromatic ring is 1. The van der Waals surface area contributed by atoms with Gasteiger partial charge in [0.05, 0.1) is 6.61 Å². The summed E-state index contributed by atoms with van der Waals surface area (Å²) in [7, 11) is 0. The number of aromatic nitrogens is 2. The molecule has 5 heteroatoms. The minimum atomic E-state index is 0.528. The highest BCUT2D eigenvalue weighted by Gasteiger charge is 2.05. The number of rotatable bonds is 6. The first-order chi connectivity index (χ1) is 9.66. The van der Waals surface area contributed by atoms with Gasteiger partial charge in [-0.1, -0.05) is 18.2 Å². The van der Waals surface area contributed by atoms with Crippen LogP contribution in [0.15, 0.2) is 30.3 Å². The van der Waals surface area contributed by atoms with Crippen molar-refractivity contribution in [2.24, 2.45) is 0 Å². The van der Waals surface area contributed by atoms with Gasteiger partial charge in [0.15, 0.2) is 0 Å². The monoisotopic (exact) mass is 272 g/mol. The van der Waals surface area contributed by atoms with Crippen LogP contribution in [0.5, 0.6) is 5.75 Å². The van der Waals surface area contributed by atoms with E-state index in [4.69, 9.17) is 10.5 Å². The van der Waals surface area contributed by atoms with Crippen LogP contribution < -0.4 is 15.8 Å². The molecule has 0 saturated heterocycles. The summed E-state index contributed by atoms with van der Waals surface area (Å²) in [5, 5.41) is 3.27. The molecular formula is C15H20N4O. The second-order valence-corrected chi connectivity index (χ2v) is 4.57. The van der Waals surface area contributed by atoms with Gasteiger partial charge in [-0.05, 0) is 32.4 Å². The number of nitrogens with zero attached hydrogens (tertiary/aromatic N) is 2. The van der Waals surface area contributed by atoms with Gasteiger partial charge < -0.3 is 15.8 Å². The number of ether oxygens (including phenoxy) is 1. The van der Waals surface area contributed by atoms with E-state index in [0.29, 0.717) is 18.2 Å². The van der Waals surface area contributed by atoms with Gasteiger partial charge in [0, 0.05) is 12.1 Å². The zero-order chi connectivity index (χ0) is 14.4. The fraction of sp³-hybridized carbons (Fsp3) is 0.333. The number of benzene rings is 1. The number of hydrogen-bond acceptors (Lipinski definition) is 5. The summed E-state index contributed by atoms with van der Waals surface area (Å²) in [5.74, 6) is 2.90. The number of aryl methyl sites for hydroxylation is 1. The first-order valence-electron chi connectivity index (χ1n) is 6.69. The van der Waals surface area contributed by atoms with Gasteiger partial charge in [-0.25, -0.2) is 9.97 Å². The van der Waals surface area contributed by atoms with Gasteiger partial charge in [-0.3, -0.25) is 0 Å². The molecule has 0 aliphatic carbocycles. The lowest BCUT2D eigenvalue weighted by Crippen LogP contribution is -2.11. The Bertz CT molecular complexity index is 557. The number of anilines is 2. The molecule has 0 aliphatic heterocycles. The van der Waals surface area contributed by atoms with Crippen molar-refractivity contribution in [3.8, 4) is 5.75 Å². The van der Waals surface area contributed by atoms with Crippen molar-refractivity contribution < 1.29 is 4.74 Å². The van der Waals surface area contributed by atoms with E-state index in [-0.39, 0.29) is 0 Å². The largest absolute Gasteiger partial charge is 0.494 e. The molecule has 2 rings (SSSR count). The smallest absolute Gasteiger partial charge is 0.134 e. The summed E-state index contributed by atoms with van der Waals surface area (Å²) in [4.78, 5) is 8.47. The Morgan fingerprint density at radius 2 is 1.90 bits per heavy atom. The first-order valence-corrected chi connectivity index (χ1v) is 6.69. The quantitative estimate of drug-likeness (QED) is 0.791. The van der Waals surface area contributed by atoms with Crippen molar-refractivity contribution in [2.75, 3.05) is 24.2 Å². The molecule has 0 radical (unpaired) electrons. The fourth-order valence-corrected chi connectivity index (χ4v) is 1.81. The SMILES string of the molecule is Cc1nc(N)c(C)c(NCCCOc2ccccc2)n1. The molecule has 1 heterocycles. The maximum atomic E-state index is 5.81. The minimum absolute atomic E-state index is 0.528. The van der Waals surface area contributed by atoms with Crippen molar-refractivity contribution in [3.05, 3.63) is 41.7 Å². The molecule has 0 fully saturated rings. The molecule has 1 aromatic carbocycles. The van der Waals surface area contributed by atoms with Gasteiger partial charge in [-0.2, -0.15) is 0 Å². The Morgan fingerprint density at radius 1 is 1.15 bits per heavy atom. The highest BCUT2D eigenvalue weighted by molar-refractivity contribution is 5.54. The summed E-state index contributed by atoms with van der Waals surface area (Å²) >= 11 is 0. The van der Waals surface area contributed by atoms with Crippen LogP contribution in [0.1, 0.15) is 17.8 Å². The molecule has 0 atom stereocenters. The normalized spacial score (nSPS) is 10.3. The van der Waals surface area contributed by atoms with E-state index >= 15 is 0 Å². The van der Waals surface area contributed by atoms with Gasteiger partial charge in [0.25, 0.3) is 0 Å². The zero-order valence-corrected chi connectivity index (χ0v) is 11.9. The molecule has 0 bridgehead atoms. The lowest BCUT2D eigenvalue weighted by molar-refractivity contribution is 0.315. The number of nitrogens with two attached hydrogens (primary N) is 1. The van der Waals surface area contributed by atoms with E-state index in [2.05, 4.69) is 15.3 Å². The fourth-order valence-electron chi connectivity index (χ4n) is 1.81. The predicted octanol–water partition coefficient (Wildman–Crippen LogP) is 2.56. The highest BCUT2D eigenvalue weighted by atomic mass is 16.5. The van der Waals surface area contributed by atoms with Crippen molar-refractivity contribution in [1.29, 1.82) is 0 Å².